The van der Waals surface area contributed by atoms with E-state index >= 15 is 0 Å². The van der Waals surface area contributed by atoms with Crippen molar-refractivity contribution in [2.75, 3.05) is 13.7 Å². The van der Waals surface area contributed by atoms with E-state index in [1.165, 1.54) is 16.4 Å². The maximum atomic E-state index is 14.1. The van der Waals surface area contributed by atoms with Gasteiger partial charge >= 0.3 is 5.97 Å². The third-order valence-corrected chi connectivity index (χ3v) is 7.11. The van der Waals surface area contributed by atoms with E-state index in [1.807, 2.05) is 0 Å². The van der Waals surface area contributed by atoms with Crippen molar-refractivity contribution in [3.63, 3.8) is 0 Å². The van der Waals surface area contributed by atoms with E-state index in [-0.39, 0.29) is 10.9 Å². The maximum Gasteiger partial charge on any atom is 0.342 e. The molecule has 2 fully saturated rings. The van der Waals surface area contributed by atoms with E-state index in [2.05, 4.69) is 4.74 Å². The molecule has 0 spiro atoms. The number of hydrogen-bond acceptors (Lipinski definition) is 4. The Morgan fingerprint density at radius 1 is 1.21 bits per heavy atom. The number of carbonyl (C=O) groups excluding carboxylic acids is 1. The molecule has 0 amide bonds. The van der Waals surface area contributed by atoms with Crippen LogP contribution in [-0.2, 0) is 14.8 Å². The molecule has 0 radical (unpaired) electrons. The molecule has 1 saturated carbocycles. The second-order valence-electron chi connectivity index (χ2n) is 6.47. The Bertz CT molecular complexity index is 732. The molecule has 0 aromatic heterocycles. The summed E-state index contributed by atoms with van der Waals surface area (Å²) < 4.78 is 46.6. The van der Waals surface area contributed by atoms with Crippen LogP contribution in [0.15, 0.2) is 23.1 Å². The van der Waals surface area contributed by atoms with Gasteiger partial charge in [-0.25, -0.2) is 17.6 Å². The van der Waals surface area contributed by atoms with Crippen LogP contribution in [0.5, 0.6) is 0 Å². The molecule has 24 heavy (non-hydrogen) atoms. The zero-order valence-corrected chi connectivity index (χ0v) is 14.5. The Morgan fingerprint density at radius 3 is 2.67 bits per heavy atom. The van der Waals surface area contributed by atoms with E-state index in [9.17, 15) is 17.6 Å². The zero-order chi connectivity index (χ0) is 17.3. The summed E-state index contributed by atoms with van der Waals surface area (Å²) in [6.45, 7) is 0.417. The molecule has 3 rings (SSSR count). The molecule has 132 valence electrons. The number of methoxy groups -OCH3 is 1. The molecule has 0 bridgehead atoms. The van der Waals surface area contributed by atoms with Gasteiger partial charge in [0.1, 0.15) is 11.4 Å². The van der Waals surface area contributed by atoms with Crippen LogP contribution >= 0.6 is 0 Å². The second kappa shape index (κ2) is 6.80. The average molecular weight is 355 g/mol. The smallest absolute Gasteiger partial charge is 0.342 e. The Balaban J connectivity index is 2.05. The van der Waals surface area contributed by atoms with Gasteiger partial charge in [0.2, 0.25) is 10.0 Å². The Morgan fingerprint density at radius 2 is 1.92 bits per heavy atom. The quantitative estimate of drug-likeness (QED) is 0.782. The van der Waals surface area contributed by atoms with Gasteiger partial charge in [-0.15, -0.1) is 0 Å². The van der Waals surface area contributed by atoms with Crippen molar-refractivity contribution in [1.82, 2.24) is 4.31 Å². The lowest BCUT2D eigenvalue weighted by Gasteiger charge is -2.43. The molecule has 7 heteroatoms. The summed E-state index contributed by atoms with van der Waals surface area (Å²) in [5.74, 6) is -1.48. The zero-order valence-electron chi connectivity index (χ0n) is 13.7. The first-order chi connectivity index (χ1) is 11.5. The van der Waals surface area contributed by atoms with E-state index < -0.39 is 27.4 Å². The van der Waals surface area contributed by atoms with E-state index in [0.29, 0.717) is 12.5 Å². The third kappa shape index (κ3) is 2.95. The number of hydrogen-bond donors (Lipinski definition) is 0. The lowest BCUT2D eigenvalue weighted by molar-refractivity contribution is 0.0590. The number of sulfonamides is 1. The number of carbonyl (C=O) groups is 1. The molecule has 2 atom stereocenters. The molecule has 1 heterocycles. The molecule has 1 aliphatic carbocycles. The molecule has 2 aliphatic rings. The van der Waals surface area contributed by atoms with Crippen LogP contribution in [-0.4, -0.2) is 38.4 Å². The molecule has 5 nitrogen and oxygen atoms in total. The van der Waals surface area contributed by atoms with Crippen LogP contribution < -0.4 is 0 Å². The van der Waals surface area contributed by atoms with Gasteiger partial charge in [0.05, 0.1) is 12.0 Å². The SMILES string of the molecule is COC(=O)c1c(F)cccc1S(=O)(=O)N1CCC[C@@H]2CCCC[C@H]21. The van der Waals surface area contributed by atoms with Crippen molar-refractivity contribution in [2.24, 2.45) is 5.92 Å². The van der Waals surface area contributed by atoms with Crippen LogP contribution in [0.1, 0.15) is 48.9 Å². The molecule has 1 saturated heterocycles. The number of esters is 1. The van der Waals surface area contributed by atoms with Crippen molar-refractivity contribution in [2.45, 2.75) is 49.5 Å². The predicted molar refractivity (Wildman–Crippen MR) is 86.6 cm³/mol. The van der Waals surface area contributed by atoms with Crippen molar-refractivity contribution in [3.8, 4) is 0 Å². The van der Waals surface area contributed by atoms with Crippen molar-refractivity contribution >= 4 is 16.0 Å². The number of fused-ring (bicyclic) bond motifs is 1. The van der Waals surface area contributed by atoms with Crippen LogP contribution in [0.2, 0.25) is 0 Å². The van der Waals surface area contributed by atoms with Crippen LogP contribution in [0.4, 0.5) is 4.39 Å². The Hall–Kier alpha value is -1.47. The normalized spacial score (nSPS) is 25.1. The first-order valence-electron chi connectivity index (χ1n) is 8.35. The summed E-state index contributed by atoms with van der Waals surface area (Å²) in [4.78, 5) is 11.6. The number of piperidine rings is 1. The second-order valence-corrected chi connectivity index (χ2v) is 8.33. The number of nitrogens with zero attached hydrogens (tertiary/aromatic N) is 1. The largest absolute Gasteiger partial charge is 0.465 e. The molecule has 1 aromatic carbocycles. The van der Waals surface area contributed by atoms with Crippen LogP contribution in [0.25, 0.3) is 0 Å². The van der Waals surface area contributed by atoms with Crippen molar-refractivity contribution < 1.29 is 22.3 Å². The highest BCUT2D eigenvalue weighted by atomic mass is 32.2. The lowest BCUT2D eigenvalue weighted by Crippen LogP contribution is -2.49. The topological polar surface area (TPSA) is 63.7 Å². The van der Waals surface area contributed by atoms with Gasteiger partial charge < -0.3 is 4.74 Å². The lowest BCUT2D eigenvalue weighted by atomic mass is 9.79. The first-order valence-corrected chi connectivity index (χ1v) is 9.79. The van der Waals surface area contributed by atoms with Crippen molar-refractivity contribution in [3.05, 3.63) is 29.6 Å². The summed E-state index contributed by atoms with van der Waals surface area (Å²) in [6, 6.07) is 3.63. The molecule has 1 aliphatic heterocycles. The highest BCUT2D eigenvalue weighted by Crippen LogP contribution is 2.38. The number of benzene rings is 1. The van der Waals surface area contributed by atoms with Crippen LogP contribution in [0.3, 0.4) is 0 Å². The molecular weight excluding hydrogens is 333 g/mol. The minimum absolute atomic E-state index is 0.0498. The van der Waals surface area contributed by atoms with Gasteiger partial charge in [-0.3, -0.25) is 0 Å². The summed E-state index contributed by atoms with van der Waals surface area (Å²) in [5, 5.41) is 0. The van der Waals surface area contributed by atoms with Gasteiger partial charge in [-0.1, -0.05) is 18.9 Å². The number of rotatable bonds is 3. The van der Waals surface area contributed by atoms with Gasteiger partial charge in [0.15, 0.2) is 0 Å². The van der Waals surface area contributed by atoms with E-state index in [1.54, 1.807) is 0 Å². The Labute approximate surface area is 141 Å². The fourth-order valence-electron chi connectivity index (χ4n) is 4.02. The minimum atomic E-state index is -3.95. The summed E-state index contributed by atoms with van der Waals surface area (Å²) in [7, 11) is -2.83. The van der Waals surface area contributed by atoms with Gasteiger partial charge in [-0.2, -0.15) is 4.31 Å². The van der Waals surface area contributed by atoms with E-state index in [0.717, 1.165) is 51.7 Å². The fraction of sp³-hybridized carbons (Fsp3) is 0.588. The van der Waals surface area contributed by atoms with Crippen LogP contribution in [0, 0.1) is 11.7 Å². The van der Waals surface area contributed by atoms with Gasteiger partial charge in [-0.05, 0) is 43.7 Å². The molecule has 0 N–H and O–H groups in total. The summed E-state index contributed by atoms with van der Waals surface area (Å²) in [5.41, 5.74) is -0.502. The molecule has 0 unspecified atom stereocenters. The monoisotopic (exact) mass is 355 g/mol. The average Bonchev–Trinajstić information content (AvgIpc) is 2.60. The highest BCUT2D eigenvalue weighted by Gasteiger charge is 2.41. The van der Waals surface area contributed by atoms with Gasteiger partial charge in [0.25, 0.3) is 0 Å². The minimum Gasteiger partial charge on any atom is -0.465 e. The van der Waals surface area contributed by atoms with Gasteiger partial charge in [0, 0.05) is 12.6 Å². The molecular formula is C17H22FNO4S. The third-order valence-electron chi connectivity index (χ3n) is 5.14. The number of halogens is 1. The number of ether oxygens (including phenoxy) is 1. The van der Waals surface area contributed by atoms with Crippen molar-refractivity contribution in [1.29, 1.82) is 0 Å². The highest BCUT2D eigenvalue weighted by molar-refractivity contribution is 7.89. The predicted octanol–water partition coefficient (Wildman–Crippen LogP) is 2.96. The maximum absolute atomic E-state index is 14.1. The summed E-state index contributed by atoms with van der Waals surface area (Å²) in [6.07, 6.45) is 5.81. The fourth-order valence-corrected chi connectivity index (χ4v) is 5.97. The molecule has 1 aromatic rings. The first kappa shape index (κ1) is 17.4. The Kier molecular flexibility index (Phi) is 4.92. The summed E-state index contributed by atoms with van der Waals surface area (Å²) >= 11 is 0. The standard InChI is InChI=1S/C17H22FNO4S/c1-23-17(20)16-13(18)8-4-10-15(16)24(21,22)19-11-5-7-12-6-2-3-9-14(12)19/h4,8,10,12,14H,2-3,5-7,9,11H2,1H3/t12-,14+/m0/s1. The van der Waals surface area contributed by atoms with E-state index in [4.69, 9.17) is 0 Å².